The van der Waals surface area contributed by atoms with Gasteiger partial charge in [-0.15, -0.1) is 11.3 Å². The van der Waals surface area contributed by atoms with Crippen LogP contribution in [0.3, 0.4) is 0 Å². The summed E-state index contributed by atoms with van der Waals surface area (Å²) in [6.45, 7) is 28.0. The van der Waals surface area contributed by atoms with E-state index in [2.05, 4.69) is 220 Å². The van der Waals surface area contributed by atoms with Gasteiger partial charge in [0.1, 0.15) is 0 Å². The molecule has 308 valence electrons. The van der Waals surface area contributed by atoms with Crippen molar-refractivity contribution >= 4 is 99.3 Å². The highest BCUT2D eigenvalue weighted by atomic mass is 32.1. The predicted molar refractivity (Wildman–Crippen MR) is 274 cm³/mol. The van der Waals surface area contributed by atoms with Gasteiger partial charge in [-0.25, -0.2) is 0 Å². The van der Waals surface area contributed by atoms with Gasteiger partial charge in [-0.05, 0) is 113 Å². The van der Waals surface area contributed by atoms with Gasteiger partial charge in [-0.3, -0.25) is 0 Å². The lowest BCUT2D eigenvalue weighted by atomic mass is 9.46. The first-order valence-electron chi connectivity index (χ1n) is 22.6. The van der Waals surface area contributed by atoms with Crippen molar-refractivity contribution in [3.63, 3.8) is 0 Å². The third-order valence-corrected chi connectivity index (χ3v) is 15.2. The molecule has 0 saturated heterocycles. The summed E-state index contributed by atoms with van der Waals surface area (Å²) >= 11 is 1.97. The second-order valence-electron chi connectivity index (χ2n) is 22.3. The third-order valence-electron chi connectivity index (χ3n) is 13.9. The molecule has 8 aromatic carbocycles. The number of benzene rings is 8. The fraction of sp³-hybridized carbons (Fsp3) is 0.276. The van der Waals surface area contributed by atoms with E-state index in [9.17, 15) is 0 Å². The second kappa shape index (κ2) is 13.0. The average Bonchev–Trinajstić information content (AvgIpc) is 3.61. The minimum atomic E-state index is -0.0956. The van der Waals surface area contributed by atoms with Crippen LogP contribution in [0.4, 0.5) is 28.4 Å². The van der Waals surface area contributed by atoms with Crippen LogP contribution < -0.4 is 20.0 Å². The van der Waals surface area contributed by atoms with Gasteiger partial charge in [0.05, 0.1) is 11.4 Å². The monoisotopic (exact) mass is 824 g/mol. The van der Waals surface area contributed by atoms with Crippen LogP contribution in [0.1, 0.15) is 105 Å². The highest BCUT2D eigenvalue weighted by Crippen LogP contribution is 2.56. The van der Waals surface area contributed by atoms with Crippen molar-refractivity contribution < 1.29 is 0 Å². The van der Waals surface area contributed by atoms with Crippen molar-refractivity contribution in [1.82, 2.24) is 0 Å². The van der Waals surface area contributed by atoms with Gasteiger partial charge in [0.25, 0.3) is 0 Å². The fourth-order valence-electron chi connectivity index (χ4n) is 10.7. The normalized spacial score (nSPS) is 14.4. The first kappa shape index (κ1) is 39.3. The zero-order valence-corrected chi connectivity index (χ0v) is 39.3. The molecule has 0 N–H and O–H groups in total. The van der Waals surface area contributed by atoms with E-state index >= 15 is 0 Å². The summed E-state index contributed by atoms with van der Waals surface area (Å²) in [4.78, 5) is 5.42. The molecule has 0 bridgehead atoms. The molecule has 0 radical (unpaired) electrons. The Morgan fingerprint density at radius 3 is 1.74 bits per heavy atom. The molecule has 2 nitrogen and oxygen atoms in total. The minimum absolute atomic E-state index is 0.0313. The summed E-state index contributed by atoms with van der Waals surface area (Å²) in [5, 5.41) is 9.32. The van der Waals surface area contributed by atoms with E-state index in [1.54, 1.807) is 0 Å². The van der Waals surface area contributed by atoms with Gasteiger partial charge < -0.3 is 9.71 Å². The zero-order chi connectivity index (χ0) is 43.4. The van der Waals surface area contributed by atoms with Crippen molar-refractivity contribution in [2.45, 2.75) is 105 Å². The van der Waals surface area contributed by atoms with Crippen LogP contribution in [0.15, 0.2) is 127 Å². The molecule has 9 aromatic rings. The van der Waals surface area contributed by atoms with Gasteiger partial charge in [0, 0.05) is 48.3 Å². The van der Waals surface area contributed by atoms with E-state index in [0.29, 0.717) is 0 Å². The van der Waals surface area contributed by atoms with Gasteiger partial charge in [0.15, 0.2) is 0 Å². The molecule has 1 aromatic heterocycles. The van der Waals surface area contributed by atoms with E-state index in [1.165, 1.54) is 114 Å². The molecule has 0 unspecified atom stereocenters. The lowest BCUT2D eigenvalue weighted by Crippen LogP contribution is -2.60. The van der Waals surface area contributed by atoms with Gasteiger partial charge in [-0.2, -0.15) is 0 Å². The topological polar surface area (TPSA) is 6.48 Å². The first-order valence-corrected chi connectivity index (χ1v) is 23.4. The number of nitrogens with zero attached hydrogens (tertiary/aromatic N) is 2. The van der Waals surface area contributed by atoms with E-state index < -0.39 is 0 Å². The molecule has 2 aliphatic rings. The van der Waals surface area contributed by atoms with Crippen LogP contribution in [0.5, 0.6) is 0 Å². The SMILES string of the molecule is CC(C)(C)c1ccc(N2B3c4sc5ccccc5c4N(c4ccccc4C(C)(C)C)c4c3c(c3ccc5cc(C(C)(C)C)cc6ccc4c3c56)-c3cc(C(C)(C)C)ccc32)cc1. The Balaban J connectivity index is 1.38. The molecular weight excluding hydrogens is 768 g/mol. The van der Waals surface area contributed by atoms with Crippen LogP contribution in [-0.4, -0.2) is 6.85 Å². The smallest absolute Gasteiger partial charge is 0.343 e. The van der Waals surface area contributed by atoms with E-state index in [4.69, 9.17) is 0 Å². The van der Waals surface area contributed by atoms with Crippen LogP contribution in [0, 0.1) is 0 Å². The van der Waals surface area contributed by atoms with E-state index in [-0.39, 0.29) is 28.5 Å². The van der Waals surface area contributed by atoms with Crippen LogP contribution >= 0.6 is 11.3 Å². The molecule has 0 amide bonds. The molecule has 0 saturated carbocycles. The summed E-state index contributed by atoms with van der Waals surface area (Å²) in [5.74, 6) is 0. The second-order valence-corrected chi connectivity index (χ2v) is 23.3. The molecular formula is C58H57BN2S. The lowest BCUT2D eigenvalue weighted by molar-refractivity contribution is 0.590. The van der Waals surface area contributed by atoms with E-state index in [0.717, 1.165) is 0 Å². The summed E-state index contributed by atoms with van der Waals surface area (Å²) in [5.41, 5.74) is 15.8. The zero-order valence-electron chi connectivity index (χ0n) is 38.5. The number of fused-ring (bicyclic) bond motifs is 8. The fourth-order valence-corrected chi connectivity index (χ4v) is 12.0. The Labute approximate surface area is 372 Å². The number of thiophene rings is 1. The quantitative estimate of drug-likeness (QED) is 0.127. The van der Waals surface area contributed by atoms with E-state index in [1.807, 2.05) is 11.3 Å². The van der Waals surface area contributed by atoms with Gasteiger partial charge in [0.2, 0.25) is 0 Å². The number of anilines is 5. The maximum atomic E-state index is 2.72. The molecule has 11 rings (SSSR count). The Morgan fingerprint density at radius 1 is 0.468 bits per heavy atom. The Hall–Kier alpha value is -5.58. The van der Waals surface area contributed by atoms with Crippen LogP contribution in [0.25, 0.3) is 53.5 Å². The standard InChI is InChI=1S/C58H57BN2S/c1-55(2,3)36-23-26-39(27-24-36)61-45-30-25-37(56(4,5)6)33-43(45)50-41-28-21-34-31-38(57(7,8)9)32-35-22-29-42(49(41)48(34)35)52-51(50)59(61)54-53(40-17-13-16-20-47(40)62-54)60(52)46-19-15-14-18-44(46)58(10,11)12/h13-33H,1-12H3. The lowest BCUT2D eigenvalue weighted by Gasteiger charge is -2.46. The summed E-state index contributed by atoms with van der Waals surface area (Å²) < 4.78 is 2.70. The number of rotatable bonds is 2. The van der Waals surface area contributed by atoms with Crippen LogP contribution in [0.2, 0.25) is 0 Å². The third kappa shape index (κ3) is 5.68. The molecule has 0 atom stereocenters. The molecule has 62 heavy (non-hydrogen) atoms. The summed E-state index contributed by atoms with van der Waals surface area (Å²) in [6.07, 6.45) is 0. The Morgan fingerprint density at radius 2 is 1.08 bits per heavy atom. The maximum absolute atomic E-state index is 2.72. The Bertz CT molecular complexity index is 3270. The number of hydrogen-bond acceptors (Lipinski definition) is 3. The Kier molecular flexibility index (Phi) is 8.23. The molecule has 0 aliphatic carbocycles. The van der Waals surface area contributed by atoms with Crippen molar-refractivity contribution in [2.75, 3.05) is 9.71 Å². The minimum Gasteiger partial charge on any atom is -0.376 e. The number of hydrogen-bond donors (Lipinski definition) is 0. The first-order chi connectivity index (χ1) is 29.3. The molecule has 3 heterocycles. The average molecular weight is 825 g/mol. The van der Waals surface area contributed by atoms with Crippen molar-refractivity contribution in [3.05, 3.63) is 150 Å². The largest absolute Gasteiger partial charge is 0.376 e. The van der Waals surface area contributed by atoms with Gasteiger partial charge >= 0.3 is 6.85 Å². The molecule has 0 fully saturated rings. The van der Waals surface area contributed by atoms with Crippen LogP contribution in [-0.2, 0) is 21.7 Å². The van der Waals surface area contributed by atoms with Crippen molar-refractivity contribution in [1.29, 1.82) is 0 Å². The summed E-state index contributed by atoms with van der Waals surface area (Å²) in [7, 11) is 0. The highest BCUT2D eigenvalue weighted by molar-refractivity contribution is 7.32. The van der Waals surface area contributed by atoms with Gasteiger partial charge in [-0.1, -0.05) is 174 Å². The summed E-state index contributed by atoms with van der Waals surface area (Å²) in [6, 6.07) is 49.9. The predicted octanol–water partition coefficient (Wildman–Crippen LogP) is 15.7. The number of para-hydroxylation sites is 1. The molecule has 4 heteroatoms. The van der Waals surface area contributed by atoms with Crippen molar-refractivity contribution in [2.24, 2.45) is 0 Å². The molecule has 2 aliphatic heterocycles. The highest BCUT2D eigenvalue weighted by Gasteiger charge is 2.49. The maximum Gasteiger partial charge on any atom is 0.343 e. The van der Waals surface area contributed by atoms with Crippen molar-refractivity contribution in [3.8, 4) is 11.1 Å². The molecule has 0 spiro atoms.